The van der Waals surface area contributed by atoms with Crippen molar-refractivity contribution in [2.75, 3.05) is 7.05 Å². The Morgan fingerprint density at radius 2 is 2.19 bits per heavy atom. The minimum atomic E-state index is -4.16. The van der Waals surface area contributed by atoms with E-state index in [9.17, 15) is 13.2 Å². The van der Waals surface area contributed by atoms with Gasteiger partial charge in [0.25, 0.3) is 0 Å². The van der Waals surface area contributed by atoms with Crippen LogP contribution in [0.4, 0.5) is 13.2 Å². The van der Waals surface area contributed by atoms with Crippen molar-refractivity contribution >= 4 is 0 Å². The molecule has 0 amide bonds. The molecule has 1 aromatic heterocycles. The van der Waals surface area contributed by atoms with Crippen LogP contribution in [0.2, 0.25) is 0 Å². The Bertz CT molecular complexity index is 321. The Labute approximate surface area is 91.9 Å². The topological polar surface area (TPSA) is 42.7 Å². The van der Waals surface area contributed by atoms with Crippen LogP contribution in [0.5, 0.6) is 0 Å². The Balaban J connectivity index is 2.63. The maximum absolute atomic E-state index is 12.2. The van der Waals surface area contributed by atoms with Crippen molar-refractivity contribution in [3.63, 3.8) is 0 Å². The molecule has 0 aliphatic carbocycles. The molecule has 0 spiro atoms. The zero-order valence-electron chi connectivity index (χ0n) is 9.25. The predicted molar refractivity (Wildman–Crippen MR) is 52.9 cm³/mol. The van der Waals surface area contributed by atoms with Crippen LogP contribution in [0.25, 0.3) is 0 Å². The molecule has 0 aliphatic heterocycles. The number of nitrogens with zero attached hydrogens (tertiary/aromatic N) is 3. The molecule has 1 heterocycles. The average Bonchev–Trinajstić information content (AvgIpc) is 2.62. The van der Waals surface area contributed by atoms with Gasteiger partial charge in [0.1, 0.15) is 12.2 Å². The summed E-state index contributed by atoms with van der Waals surface area (Å²) in [6.45, 7) is 2.48. The number of nitrogens with one attached hydrogen (secondary N) is 1. The minimum absolute atomic E-state index is 0.226. The lowest BCUT2D eigenvalue weighted by Crippen LogP contribution is -2.33. The fourth-order valence-electron chi connectivity index (χ4n) is 1.49. The van der Waals surface area contributed by atoms with Crippen LogP contribution in [0, 0.1) is 0 Å². The molecule has 0 fully saturated rings. The van der Waals surface area contributed by atoms with E-state index < -0.39 is 18.6 Å². The molecular weight excluding hydrogens is 221 g/mol. The van der Waals surface area contributed by atoms with E-state index in [1.165, 1.54) is 13.4 Å². The van der Waals surface area contributed by atoms with Gasteiger partial charge in [0.2, 0.25) is 0 Å². The monoisotopic (exact) mass is 236 g/mol. The second-order valence-corrected chi connectivity index (χ2v) is 3.50. The van der Waals surface area contributed by atoms with Crippen LogP contribution < -0.4 is 5.32 Å². The van der Waals surface area contributed by atoms with Gasteiger partial charge in [0.15, 0.2) is 0 Å². The average molecular weight is 236 g/mol. The van der Waals surface area contributed by atoms with Crippen molar-refractivity contribution in [2.45, 2.75) is 38.5 Å². The van der Waals surface area contributed by atoms with Crippen molar-refractivity contribution in [1.82, 2.24) is 20.1 Å². The van der Waals surface area contributed by atoms with E-state index >= 15 is 0 Å². The first-order chi connectivity index (χ1) is 7.46. The molecule has 0 radical (unpaired) electrons. The van der Waals surface area contributed by atoms with Crippen molar-refractivity contribution in [3.05, 3.63) is 12.2 Å². The quantitative estimate of drug-likeness (QED) is 0.839. The smallest absolute Gasteiger partial charge is 0.316 e. The maximum Gasteiger partial charge on any atom is 0.390 e. The predicted octanol–water partition coefficient (Wildman–Crippen LogP) is 1.38. The van der Waals surface area contributed by atoms with Crippen molar-refractivity contribution in [2.24, 2.45) is 0 Å². The molecule has 0 saturated carbocycles. The Morgan fingerprint density at radius 1 is 1.50 bits per heavy atom. The molecule has 1 atom stereocenters. The summed E-state index contributed by atoms with van der Waals surface area (Å²) in [6, 6.07) is -0.658. The lowest BCUT2D eigenvalue weighted by atomic mass is 10.1. The molecule has 1 rings (SSSR count). The molecule has 0 aromatic carbocycles. The van der Waals surface area contributed by atoms with Crippen LogP contribution in [0.3, 0.4) is 0 Å². The van der Waals surface area contributed by atoms with E-state index in [1.54, 1.807) is 4.68 Å². The fourth-order valence-corrected chi connectivity index (χ4v) is 1.49. The summed E-state index contributed by atoms with van der Waals surface area (Å²) < 4.78 is 38.3. The Morgan fingerprint density at radius 3 is 2.69 bits per heavy atom. The van der Waals surface area contributed by atoms with Gasteiger partial charge < -0.3 is 5.32 Å². The Kier molecular flexibility index (Phi) is 4.28. The molecule has 1 aromatic rings. The second-order valence-electron chi connectivity index (χ2n) is 3.50. The van der Waals surface area contributed by atoms with E-state index in [0.29, 0.717) is 12.4 Å². The number of alkyl halides is 3. The van der Waals surface area contributed by atoms with Crippen LogP contribution in [-0.4, -0.2) is 34.0 Å². The van der Waals surface area contributed by atoms with E-state index in [2.05, 4.69) is 15.4 Å². The molecule has 0 bridgehead atoms. The molecule has 0 saturated heterocycles. The fraction of sp³-hybridized carbons (Fsp3) is 0.778. The van der Waals surface area contributed by atoms with Crippen molar-refractivity contribution in [1.29, 1.82) is 0 Å². The summed E-state index contributed by atoms with van der Waals surface area (Å²) in [7, 11) is 1.52. The summed E-state index contributed by atoms with van der Waals surface area (Å²) in [4.78, 5) is 3.95. The van der Waals surface area contributed by atoms with Crippen LogP contribution in [0.15, 0.2) is 6.33 Å². The molecule has 92 valence electrons. The van der Waals surface area contributed by atoms with Gasteiger partial charge in [-0.1, -0.05) is 0 Å². The van der Waals surface area contributed by atoms with Gasteiger partial charge in [-0.15, -0.1) is 0 Å². The number of hydrogen-bond donors (Lipinski definition) is 1. The number of rotatable bonds is 5. The first-order valence-electron chi connectivity index (χ1n) is 5.07. The molecule has 16 heavy (non-hydrogen) atoms. The first-order valence-corrected chi connectivity index (χ1v) is 5.07. The highest BCUT2D eigenvalue weighted by Gasteiger charge is 2.31. The van der Waals surface area contributed by atoms with Gasteiger partial charge >= 0.3 is 6.18 Å². The molecule has 1 N–H and O–H groups in total. The van der Waals surface area contributed by atoms with Crippen LogP contribution in [-0.2, 0) is 13.0 Å². The molecule has 7 heteroatoms. The SMILES string of the molecule is CCn1ncnc1CC(CC(F)(F)F)NC. The summed E-state index contributed by atoms with van der Waals surface area (Å²) in [5.41, 5.74) is 0. The summed E-state index contributed by atoms with van der Waals surface area (Å²) in [6.07, 6.45) is -3.44. The number of halogens is 3. The van der Waals surface area contributed by atoms with Gasteiger partial charge in [-0.05, 0) is 14.0 Å². The lowest BCUT2D eigenvalue weighted by molar-refractivity contribution is -0.139. The molecular formula is C9H15F3N4. The summed E-state index contributed by atoms with van der Waals surface area (Å²) in [5, 5.41) is 6.56. The zero-order valence-corrected chi connectivity index (χ0v) is 9.25. The van der Waals surface area contributed by atoms with Gasteiger partial charge in [0, 0.05) is 19.0 Å². The van der Waals surface area contributed by atoms with E-state index in [-0.39, 0.29) is 6.42 Å². The lowest BCUT2D eigenvalue weighted by Gasteiger charge is -2.17. The zero-order chi connectivity index (χ0) is 12.2. The summed E-state index contributed by atoms with van der Waals surface area (Å²) >= 11 is 0. The molecule has 4 nitrogen and oxygen atoms in total. The Hall–Kier alpha value is -1.11. The standard InChI is InChI=1S/C9H15F3N4/c1-3-16-8(14-6-15-16)4-7(13-2)5-9(10,11)12/h6-7,13H,3-5H2,1-2H3. The van der Waals surface area contributed by atoms with Crippen molar-refractivity contribution in [3.8, 4) is 0 Å². The highest BCUT2D eigenvalue weighted by Crippen LogP contribution is 2.22. The third-order valence-corrected chi connectivity index (χ3v) is 2.31. The first kappa shape index (κ1) is 13.0. The highest BCUT2D eigenvalue weighted by atomic mass is 19.4. The van der Waals surface area contributed by atoms with Gasteiger partial charge in [-0.25, -0.2) is 4.98 Å². The number of hydrogen-bond acceptors (Lipinski definition) is 3. The minimum Gasteiger partial charge on any atom is -0.316 e. The molecule has 1 unspecified atom stereocenters. The maximum atomic E-state index is 12.2. The highest BCUT2D eigenvalue weighted by molar-refractivity contribution is 4.90. The van der Waals surface area contributed by atoms with E-state index in [0.717, 1.165) is 0 Å². The van der Waals surface area contributed by atoms with Crippen LogP contribution >= 0.6 is 0 Å². The number of aromatic nitrogens is 3. The van der Waals surface area contributed by atoms with Crippen LogP contribution in [0.1, 0.15) is 19.2 Å². The number of aryl methyl sites for hydroxylation is 1. The van der Waals surface area contributed by atoms with Crippen molar-refractivity contribution < 1.29 is 13.2 Å². The van der Waals surface area contributed by atoms with Gasteiger partial charge in [0.05, 0.1) is 6.42 Å². The number of likely N-dealkylation sites (N-methyl/N-ethyl adjacent to an activating group) is 1. The van der Waals surface area contributed by atoms with Gasteiger partial charge in [-0.3, -0.25) is 4.68 Å². The summed E-state index contributed by atoms with van der Waals surface area (Å²) in [5.74, 6) is 0.575. The van der Waals surface area contributed by atoms with E-state index in [1.807, 2.05) is 6.92 Å². The van der Waals surface area contributed by atoms with E-state index in [4.69, 9.17) is 0 Å². The third-order valence-electron chi connectivity index (χ3n) is 2.31. The third kappa shape index (κ3) is 3.80. The van der Waals surface area contributed by atoms with Gasteiger partial charge in [-0.2, -0.15) is 18.3 Å². The molecule has 0 aliphatic rings. The second kappa shape index (κ2) is 5.29. The normalized spacial score (nSPS) is 14.1. The largest absolute Gasteiger partial charge is 0.390 e.